The first-order chi connectivity index (χ1) is 2.56. The van der Waals surface area contributed by atoms with Gasteiger partial charge in [0.15, 0.2) is 6.67 Å². The Morgan fingerprint density at radius 2 is 1.67 bits per heavy atom. The van der Waals surface area contributed by atoms with Gasteiger partial charge in [0.05, 0.1) is 0 Å². The highest BCUT2D eigenvalue weighted by atomic mass is 79.9. The molecule has 0 amide bonds. The van der Waals surface area contributed by atoms with E-state index in [-0.39, 0.29) is 0 Å². The quantitative estimate of drug-likeness (QED) is 0.518. The summed E-state index contributed by atoms with van der Waals surface area (Å²) in [6.45, 7) is -1.65. The molecule has 6 heavy (non-hydrogen) atoms. The Balaban J connectivity index is 3.17. The van der Waals surface area contributed by atoms with E-state index >= 15 is 0 Å². The molecule has 0 aliphatic carbocycles. The summed E-state index contributed by atoms with van der Waals surface area (Å²) in [5.74, 6) is 0. The highest BCUT2D eigenvalue weighted by molar-refractivity contribution is 9.10. The summed E-state index contributed by atoms with van der Waals surface area (Å²) in [6.07, 6.45) is 0. The van der Waals surface area contributed by atoms with Crippen molar-refractivity contribution in [3.05, 3.63) is 0 Å². The average Bonchev–Trinajstić information content (AvgIpc) is 1.35. The minimum atomic E-state index is -3.31. The summed E-state index contributed by atoms with van der Waals surface area (Å²) < 4.78 is 32.7. The summed E-state index contributed by atoms with van der Waals surface area (Å²) in [4.78, 5) is -3.31. The Bertz CT molecular complexity index is 38.5. The maximum atomic E-state index is 11.0. The van der Waals surface area contributed by atoms with Gasteiger partial charge in [-0.1, -0.05) is 0 Å². The molecule has 0 fully saturated rings. The zero-order chi connectivity index (χ0) is 5.21. The van der Waals surface area contributed by atoms with Crippen LogP contribution < -0.4 is 0 Å². The summed E-state index contributed by atoms with van der Waals surface area (Å²) in [5.41, 5.74) is 0. The van der Waals surface area contributed by atoms with Crippen molar-refractivity contribution in [1.29, 1.82) is 0 Å². The Morgan fingerprint density at radius 3 is 1.67 bits per heavy atom. The fourth-order valence-corrected chi connectivity index (χ4v) is 0. The summed E-state index contributed by atoms with van der Waals surface area (Å²) in [6, 6.07) is 0. The lowest BCUT2D eigenvalue weighted by atomic mass is 10.8. The number of halogens is 4. The first kappa shape index (κ1) is 6.27. The standard InChI is InChI=1S/C2H2BrF3/c3-2(5,6)1-4/h1H2. The highest BCUT2D eigenvalue weighted by Crippen LogP contribution is 2.20. The van der Waals surface area contributed by atoms with Gasteiger partial charge in [-0.2, -0.15) is 8.78 Å². The fourth-order valence-electron chi connectivity index (χ4n) is 0. The number of alkyl halides is 4. The van der Waals surface area contributed by atoms with Crippen LogP contribution in [0.25, 0.3) is 0 Å². The molecular weight excluding hydrogens is 161 g/mol. The van der Waals surface area contributed by atoms with Crippen LogP contribution >= 0.6 is 15.9 Å². The van der Waals surface area contributed by atoms with Crippen molar-refractivity contribution in [3.8, 4) is 0 Å². The van der Waals surface area contributed by atoms with Gasteiger partial charge in [-0.15, -0.1) is 0 Å². The van der Waals surface area contributed by atoms with E-state index in [4.69, 9.17) is 0 Å². The molecule has 0 aromatic rings. The zero-order valence-corrected chi connectivity index (χ0v) is 4.30. The first-order valence-corrected chi connectivity index (χ1v) is 1.98. The third kappa shape index (κ3) is 4.27. The van der Waals surface area contributed by atoms with Crippen LogP contribution in [-0.2, 0) is 0 Å². The Hall–Kier alpha value is 0.270. The predicted octanol–water partition coefficient (Wildman–Crippen LogP) is 1.94. The van der Waals surface area contributed by atoms with Crippen LogP contribution in [-0.4, -0.2) is 11.5 Å². The van der Waals surface area contributed by atoms with Crippen LogP contribution in [0.2, 0.25) is 0 Å². The molecule has 0 N–H and O–H groups in total. The van der Waals surface area contributed by atoms with E-state index < -0.39 is 11.5 Å². The van der Waals surface area contributed by atoms with Crippen molar-refractivity contribution in [2.45, 2.75) is 4.83 Å². The van der Waals surface area contributed by atoms with Crippen molar-refractivity contribution in [2.24, 2.45) is 0 Å². The van der Waals surface area contributed by atoms with Gasteiger partial charge in [0, 0.05) is 0 Å². The molecule has 0 nitrogen and oxygen atoms in total. The third-order valence-electron chi connectivity index (χ3n) is 0.152. The Labute approximate surface area is 41.5 Å². The second kappa shape index (κ2) is 1.82. The SMILES string of the molecule is FCC(F)(F)Br. The average molecular weight is 163 g/mol. The van der Waals surface area contributed by atoms with E-state index in [1.54, 1.807) is 15.9 Å². The third-order valence-corrected chi connectivity index (χ3v) is 0.363. The number of hydrogen-bond acceptors (Lipinski definition) is 0. The Morgan fingerprint density at radius 1 is 1.50 bits per heavy atom. The Kier molecular flexibility index (Phi) is 1.90. The zero-order valence-electron chi connectivity index (χ0n) is 2.72. The molecule has 0 aliphatic rings. The fraction of sp³-hybridized carbons (Fsp3) is 1.00. The highest BCUT2D eigenvalue weighted by Gasteiger charge is 2.22. The van der Waals surface area contributed by atoms with E-state index in [1.165, 1.54) is 0 Å². The van der Waals surface area contributed by atoms with Crippen molar-refractivity contribution in [2.75, 3.05) is 6.67 Å². The molecule has 0 saturated heterocycles. The van der Waals surface area contributed by atoms with Crippen LogP contribution in [0.5, 0.6) is 0 Å². The van der Waals surface area contributed by atoms with E-state index in [9.17, 15) is 13.2 Å². The van der Waals surface area contributed by atoms with Gasteiger partial charge >= 0.3 is 4.83 Å². The molecule has 0 heterocycles. The van der Waals surface area contributed by atoms with Crippen LogP contribution in [0.1, 0.15) is 0 Å². The summed E-state index contributed by atoms with van der Waals surface area (Å²) >= 11 is 1.77. The summed E-state index contributed by atoms with van der Waals surface area (Å²) in [7, 11) is 0. The van der Waals surface area contributed by atoms with Gasteiger partial charge < -0.3 is 0 Å². The van der Waals surface area contributed by atoms with Crippen molar-refractivity contribution < 1.29 is 13.2 Å². The molecule has 0 radical (unpaired) electrons. The molecule has 0 bridgehead atoms. The van der Waals surface area contributed by atoms with E-state index in [1.807, 2.05) is 0 Å². The molecule has 0 rings (SSSR count). The van der Waals surface area contributed by atoms with Crippen LogP contribution in [0.15, 0.2) is 0 Å². The monoisotopic (exact) mass is 162 g/mol. The van der Waals surface area contributed by atoms with Crippen LogP contribution in [0.3, 0.4) is 0 Å². The molecular formula is C2H2BrF3. The van der Waals surface area contributed by atoms with Gasteiger partial charge in [0.1, 0.15) is 0 Å². The minimum Gasteiger partial charge on any atom is -0.243 e. The second-order valence-corrected chi connectivity index (χ2v) is 1.91. The van der Waals surface area contributed by atoms with Crippen molar-refractivity contribution >= 4 is 15.9 Å². The first-order valence-electron chi connectivity index (χ1n) is 1.19. The van der Waals surface area contributed by atoms with E-state index in [0.717, 1.165) is 0 Å². The topological polar surface area (TPSA) is 0 Å². The minimum absolute atomic E-state index is 1.65. The van der Waals surface area contributed by atoms with Crippen molar-refractivity contribution in [3.63, 3.8) is 0 Å². The normalized spacial score (nSPS) is 12.0. The molecule has 0 aromatic carbocycles. The number of hydrogen-bond donors (Lipinski definition) is 0. The van der Waals surface area contributed by atoms with Gasteiger partial charge in [-0.25, -0.2) is 4.39 Å². The van der Waals surface area contributed by atoms with Gasteiger partial charge in [0.25, 0.3) is 0 Å². The lowest BCUT2D eigenvalue weighted by Gasteiger charge is -1.96. The van der Waals surface area contributed by atoms with Crippen LogP contribution in [0.4, 0.5) is 13.2 Å². The molecule has 0 spiro atoms. The van der Waals surface area contributed by atoms with Gasteiger partial charge in [0.2, 0.25) is 0 Å². The lowest BCUT2D eigenvalue weighted by molar-refractivity contribution is 0.0822. The maximum Gasteiger partial charge on any atom is 0.329 e. The molecule has 0 aromatic heterocycles. The van der Waals surface area contributed by atoms with E-state index in [2.05, 4.69) is 0 Å². The summed E-state index contributed by atoms with van der Waals surface area (Å²) in [5, 5.41) is 0. The van der Waals surface area contributed by atoms with Gasteiger partial charge in [-0.05, 0) is 15.9 Å². The van der Waals surface area contributed by atoms with E-state index in [0.29, 0.717) is 0 Å². The smallest absolute Gasteiger partial charge is 0.243 e. The van der Waals surface area contributed by atoms with Gasteiger partial charge in [-0.3, -0.25) is 0 Å². The predicted molar refractivity (Wildman–Crippen MR) is 19.8 cm³/mol. The molecule has 4 heteroatoms. The molecule has 0 saturated carbocycles. The number of rotatable bonds is 1. The lowest BCUT2D eigenvalue weighted by Crippen LogP contribution is -2.05. The van der Waals surface area contributed by atoms with Crippen molar-refractivity contribution in [1.82, 2.24) is 0 Å². The molecule has 0 aliphatic heterocycles. The molecule has 38 valence electrons. The van der Waals surface area contributed by atoms with Crippen LogP contribution in [0, 0.1) is 0 Å². The second-order valence-electron chi connectivity index (χ2n) is 0.749. The molecule has 0 atom stereocenters. The largest absolute Gasteiger partial charge is 0.329 e. The maximum absolute atomic E-state index is 11.0. The molecule has 0 unspecified atom stereocenters.